The van der Waals surface area contributed by atoms with Crippen LogP contribution in [0.15, 0.2) is 47.1 Å². The number of rotatable bonds is 6. The minimum Gasteiger partial charge on any atom is -0.491 e. The summed E-state index contributed by atoms with van der Waals surface area (Å²) in [5.74, 6) is 1.80. The topological polar surface area (TPSA) is 34.4 Å². The quantitative estimate of drug-likeness (QED) is 0.826. The molecule has 1 aromatic heterocycles. The lowest BCUT2D eigenvalue weighted by Gasteiger charge is -2.16. The number of furan rings is 1. The molecule has 0 radical (unpaired) electrons. The van der Waals surface area contributed by atoms with Crippen molar-refractivity contribution >= 4 is 5.69 Å². The van der Waals surface area contributed by atoms with Crippen LogP contribution in [0.25, 0.3) is 0 Å². The van der Waals surface area contributed by atoms with E-state index in [-0.39, 0.29) is 6.04 Å². The first-order valence-corrected chi connectivity index (χ1v) is 6.33. The van der Waals surface area contributed by atoms with Crippen molar-refractivity contribution in [2.75, 3.05) is 11.9 Å². The molecule has 2 rings (SSSR count). The van der Waals surface area contributed by atoms with Crippen LogP contribution in [0.4, 0.5) is 5.69 Å². The summed E-state index contributed by atoms with van der Waals surface area (Å²) in [6.45, 7) is 4.89. The van der Waals surface area contributed by atoms with Gasteiger partial charge in [0.2, 0.25) is 0 Å². The van der Waals surface area contributed by atoms with Crippen LogP contribution in [0.5, 0.6) is 5.75 Å². The zero-order valence-electron chi connectivity index (χ0n) is 10.8. The van der Waals surface area contributed by atoms with E-state index in [2.05, 4.69) is 19.2 Å². The van der Waals surface area contributed by atoms with E-state index in [1.54, 1.807) is 6.26 Å². The van der Waals surface area contributed by atoms with Gasteiger partial charge in [-0.3, -0.25) is 0 Å². The highest BCUT2D eigenvalue weighted by atomic mass is 16.5. The molecule has 1 N–H and O–H groups in total. The van der Waals surface area contributed by atoms with E-state index in [1.165, 1.54) is 0 Å². The highest BCUT2D eigenvalue weighted by molar-refractivity contribution is 5.57. The number of hydrogen-bond acceptors (Lipinski definition) is 3. The second kappa shape index (κ2) is 6.15. The Morgan fingerprint density at radius 2 is 2.06 bits per heavy atom. The van der Waals surface area contributed by atoms with E-state index in [1.807, 2.05) is 36.4 Å². The van der Waals surface area contributed by atoms with Crippen LogP contribution >= 0.6 is 0 Å². The monoisotopic (exact) mass is 245 g/mol. The summed E-state index contributed by atoms with van der Waals surface area (Å²) >= 11 is 0. The van der Waals surface area contributed by atoms with Crippen LogP contribution in [-0.2, 0) is 0 Å². The van der Waals surface area contributed by atoms with Gasteiger partial charge >= 0.3 is 0 Å². The van der Waals surface area contributed by atoms with E-state index in [0.29, 0.717) is 0 Å². The molecular formula is C15H19NO2. The number of benzene rings is 1. The summed E-state index contributed by atoms with van der Waals surface area (Å²) in [4.78, 5) is 0. The maximum Gasteiger partial charge on any atom is 0.142 e. The molecule has 1 unspecified atom stereocenters. The summed E-state index contributed by atoms with van der Waals surface area (Å²) in [5.41, 5.74) is 0.995. The highest BCUT2D eigenvalue weighted by Crippen LogP contribution is 2.28. The second-order valence-corrected chi connectivity index (χ2v) is 4.23. The van der Waals surface area contributed by atoms with Crippen LogP contribution in [0.1, 0.15) is 32.1 Å². The largest absolute Gasteiger partial charge is 0.491 e. The third-order valence-corrected chi connectivity index (χ3v) is 2.69. The molecule has 2 aromatic rings. The molecule has 0 bridgehead atoms. The number of hydrogen-bond donors (Lipinski definition) is 1. The van der Waals surface area contributed by atoms with Crippen molar-refractivity contribution in [3.63, 3.8) is 0 Å². The molecule has 0 amide bonds. The van der Waals surface area contributed by atoms with Crippen LogP contribution in [-0.4, -0.2) is 6.61 Å². The molecule has 0 spiro atoms. The van der Waals surface area contributed by atoms with Gasteiger partial charge < -0.3 is 14.5 Å². The van der Waals surface area contributed by atoms with Crippen molar-refractivity contribution in [2.24, 2.45) is 0 Å². The molecule has 1 heterocycles. The minimum absolute atomic E-state index is 0.117. The van der Waals surface area contributed by atoms with Gasteiger partial charge in [-0.05, 0) is 37.6 Å². The van der Waals surface area contributed by atoms with Crippen molar-refractivity contribution < 1.29 is 9.15 Å². The highest BCUT2D eigenvalue weighted by Gasteiger charge is 2.10. The van der Waals surface area contributed by atoms with Crippen molar-refractivity contribution in [2.45, 2.75) is 26.3 Å². The van der Waals surface area contributed by atoms with Crippen LogP contribution < -0.4 is 10.1 Å². The van der Waals surface area contributed by atoms with Crippen molar-refractivity contribution in [1.82, 2.24) is 0 Å². The van der Waals surface area contributed by atoms with Gasteiger partial charge in [-0.15, -0.1) is 0 Å². The fraction of sp³-hybridized carbons (Fsp3) is 0.333. The molecule has 18 heavy (non-hydrogen) atoms. The van der Waals surface area contributed by atoms with Crippen LogP contribution in [0, 0.1) is 0 Å². The van der Waals surface area contributed by atoms with Gasteiger partial charge in [0.25, 0.3) is 0 Å². The molecule has 96 valence electrons. The third-order valence-electron chi connectivity index (χ3n) is 2.69. The van der Waals surface area contributed by atoms with Crippen molar-refractivity contribution in [3.8, 4) is 5.75 Å². The SMILES string of the molecule is CCCOc1ccccc1NC(C)c1ccco1. The molecule has 0 aliphatic heterocycles. The van der Waals surface area contributed by atoms with Gasteiger partial charge in [-0.1, -0.05) is 19.1 Å². The maximum atomic E-state index is 5.71. The summed E-state index contributed by atoms with van der Waals surface area (Å²) in [7, 11) is 0. The Kier molecular flexibility index (Phi) is 4.29. The summed E-state index contributed by atoms with van der Waals surface area (Å²) in [6.07, 6.45) is 2.69. The fourth-order valence-electron chi connectivity index (χ4n) is 1.77. The Hall–Kier alpha value is -1.90. The second-order valence-electron chi connectivity index (χ2n) is 4.23. The van der Waals surface area contributed by atoms with E-state index < -0.39 is 0 Å². The lowest BCUT2D eigenvalue weighted by atomic mass is 10.2. The summed E-state index contributed by atoms with van der Waals surface area (Å²) in [5, 5.41) is 3.40. The van der Waals surface area contributed by atoms with Crippen LogP contribution in [0.2, 0.25) is 0 Å². The zero-order valence-corrected chi connectivity index (χ0v) is 10.8. The van der Waals surface area contributed by atoms with Gasteiger partial charge in [-0.2, -0.15) is 0 Å². The summed E-state index contributed by atoms with van der Waals surface area (Å²) < 4.78 is 11.1. The molecule has 3 heteroatoms. The van der Waals surface area contributed by atoms with Gasteiger partial charge in [0, 0.05) is 0 Å². The molecule has 1 atom stereocenters. The molecule has 0 aliphatic rings. The Bertz CT molecular complexity index is 465. The van der Waals surface area contributed by atoms with E-state index in [4.69, 9.17) is 9.15 Å². The maximum absolute atomic E-state index is 5.71. The van der Waals surface area contributed by atoms with Gasteiger partial charge in [0.05, 0.1) is 24.6 Å². The number of para-hydroxylation sites is 2. The van der Waals surface area contributed by atoms with E-state index in [9.17, 15) is 0 Å². The van der Waals surface area contributed by atoms with Crippen LogP contribution in [0.3, 0.4) is 0 Å². The first kappa shape index (κ1) is 12.6. The Morgan fingerprint density at radius 3 is 2.78 bits per heavy atom. The molecule has 0 fully saturated rings. The van der Waals surface area contributed by atoms with Gasteiger partial charge in [0.15, 0.2) is 0 Å². The van der Waals surface area contributed by atoms with E-state index >= 15 is 0 Å². The third kappa shape index (κ3) is 3.06. The molecule has 0 saturated heterocycles. The standard InChI is InChI=1S/C15H19NO2/c1-3-10-17-15-8-5-4-7-13(15)16-12(2)14-9-6-11-18-14/h4-9,11-12,16H,3,10H2,1-2H3. The fourth-order valence-corrected chi connectivity index (χ4v) is 1.77. The molecular weight excluding hydrogens is 226 g/mol. The number of ether oxygens (including phenoxy) is 1. The van der Waals surface area contributed by atoms with Crippen molar-refractivity contribution in [1.29, 1.82) is 0 Å². The first-order chi connectivity index (χ1) is 8.81. The predicted octanol–water partition coefficient (Wildman–Crippen LogP) is 4.24. The van der Waals surface area contributed by atoms with Gasteiger partial charge in [0.1, 0.15) is 11.5 Å². The molecule has 0 aliphatic carbocycles. The minimum atomic E-state index is 0.117. The lowest BCUT2D eigenvalue weighted by molar-refractivity contribution is 0.318. The normalized spacial score (nSPS) is 12.1. The van der Waals surface area contributed by atoms with E-state index in [0.717, 1.165) is 30.2 Å². The molecule has 3 nitrogen and oxygen atoms in total. The average Bonchev–Trinajstić information content (AvgIpc) is 2.91. The number of nitrogens with one attached hydrogen (secondary N) is 1. The Balaban J connectivity index is 2.08. The predicted molar refractivity (Wildman–Crippen MR) is 73.0 cm³/mol. The van der Waals surface area contributed by atoms with Gasteiger partial charge in [-0.25, -0.2) is 0 Å². The summed E-state index contributed by atoms with van der Waals surface area (Å²) in [6, 6.07) is 12.0. The molecule has 0 saturated carbocycles. The molecule has 1 aromatic carbocycles. The Labute approximate surface area is 108 Å². The zero-order chi connectivity index (χ0) is 12.8. The number of anilines is 1. The Morgan fingerprint density at radius 1 is 1.22 bits per heavy atom. The first-order valence-electron chi connectivity index (χ1n) is 6.33. The lowest BCUT2D eigenvalue weighted by Crippen LogP contribution is -2.07. The average molecular weight is 245 g/mol. The smallest absolute Gasteiger partial charge is 0.142 e. The van der Waals surface area contributed by atoms with Crippen molar-refractivity contribution in [3.05, 3.63) is 48.4 Å².